The van der Waals surface area contributed by atoms with Crippen molar-refractivity contribution in [2.75, 3.05) is 0 Å². The van der Waals surface area contributed by atoms with Crippen LogP contribution in [0.5, 0.6) is 0 Å². The Kier molecular flexibility index (Phi) is 31.1. The molecule has 0 spiro atoms. The van der Waals surface area contributed by atoms with Crippen LogP contribution in [0.15, 0.2) is 12.4 Å². The first-order chi connectivity index (χ1) is 22.2. The third kappa shape index (κ3) is 25.0. The lowest BCUT2D eigenvalue weighted by Crippen LogP contribution is -2.41. The fraction of sp³-hybridized carbons (Fsp3) is 0.930. The molecule has 0 saturated carbocycles. The van der Waals surface area contributed by atoms with Crippen LogP contribution < -0.4 is 4.57 Å². The predicted octanol–water partition coefficient (Wildman–Crippen LogP) is 15.3. The van der Waals surface area contributed by atoms with Crippen molar-refractivity contribution < 1.29 is 4.57 Å². The summed E-state index contributed by atoms with van der Waals surface area (Å²) in [5.41, 5.74) is 0. The lowest BCUT2D eigenvalue weighted by molar-refractivity contribution is -0.727. The summed E-state index contributed by atoms with van der Waals surface area (Å²) in [5.74, 6) is 2.25. The van der Waals surface area contributed by atoms with Crippen LogP contribution in [-0.2, 0) is 0 Å². The van der Waals surface area contributed by atoms with E-state index in [1.54, 1.807) is 0 Å². The Labute approximate surface area is 285 Å². The van der Waals surface area contributed by atoms with Gasteiger partial charge in [-0.3, -0.25) is 0 Å². The standard InChI is InChI=1S/C43H84N2/c1-5-8-11-14-17-19-21-22-23-24-26-29-32-35-38-42(37-34-31-28-25-20-18-15-12-9-6-2)43-44-39-40-45(43)41(4)36-33-30-27-16-13-10-7-3/h39-42H,5-38H2,1-4H3/p+1. The number of hydrogen-bond donors (Lipinski definition) is 1. The van der Waals surface area contributed by atoms with Gasteiger partial charge in [0.15, 0.2) is 0 Å². The molecule has 0 radical (unpaired) electrons. The van der Waals surface area contributed by atoms with Gasteiger partial charge in [0.1, 0.15) is 12.4 Å². The van der Waals surface area contributed by atoms with Gasteiger partial charge in [-0.2, -0.15) is 0 Å². The summed E-state index contributed by atoms with van der Waals surface area (Å²) in [5, 5.41) is 0. The normalized spacial score (nSPS) is 13.1. The molecule has 0 aliphatic carbocycles. The number of imidazole rings is 1. The van der Waals surface area contributed by atoms with E-state index in [1.165, 1.54) is 224 Å². The van der Waals surface area contributed by atoms with Gasteiger partial charge in [0.25, 0.3) is 5.82 Å². The minimum Gasteiger partial charge on any atom is -0.247 e. The van der Waals surface area contributed by atoms with Crippen LogP contribution in [0.2, 0.25) is 0 Å². The number of rotatable bonds is 36. The molecule has 0 aromatic carbocycles. The van der Waals surface area contributed by atoms with E-state index in [9.17, 15) is 0 Å². The van der Waals surface area contributed by atoms with Crippen LogP contribution in [0.3, 0.4) is 0 Å². The first-order valence-corrected chi connectivity index (χ1v) is 21.3. The summed E-state index contributed by atoms with van der Waals surface area (Å²) in [6.07, 6.45) is 53.1. The van der Waals surface area contributed by atoms with E-state index in [1.807, 2.05) is 0 Å². The van der Waals surface area contributed by atoms with E-state index in [2.05, 4.69) is 49.6 Å². The van der Waals surface area contributed by atoms with E-state index < -0.39 is 0 Å². The highest BCUT2D eigenvalue weighted by atomic mass is 15.1. The Morgan fingerprint density at radius 2 is 0.711 bits per heavy atom. The van der Waals surface area contributed by atoms with Crippen molar-refractivity contribution in [3.8, 4) is 0 Å². The molecule has 266 valence electrons. The minimum atomic E-state index is 0.619. The van der Waals surface area contributed by atoms with Gasteiger partial charge < -0.3 is 0 Å². The molecule has 0 saturated heterocycles. The lowest BCUT2D eigenvalue weighted by Gasteiger charge is -2.17. The summed E-state index contributed by atoms with van der Waals surface area (Å²) in [7, 11) is 0. The van der Waals surface area contributed by atoms with Gasteiger partial charge in [0.2, 0.25) is 0 Å². The van der Waals surface area contributed by atoms with Crippen molar-refractivity contribution in [2.45, 2.75) is 258 Å². The highest BCUT2D eigenvalue weighted by Crippen LogP contribution is 2.27. The smallest absolute Gasteiger partial charge is 0.247 e. The predicted molar refractivity (Wildman–Crippen MR) is 202 cm³/mol. The Bertz CT molecular complexity index is 694. The first kappa shape index (κ1) is 42.2. The van der Waals surface area contributed by atoms with E-state index in [4.69, 9.17) is 0 Å². The Morgan fingerprint density at radius 3 is 1.04 bits per heavy atom. The third-order valence-corrected chi connectivity index (χ3v) is 10.6. The van der Waals surface area contributed by atoms with Crippen LogP contribution in [-0.4, -0.2) is 4.98 Å². The van der Waals surface area contributed by atoms with Gasteiger partial charge in [-0.05, 0) is 32.6 Å². The summed E-state index contributed by atoms with van der Waals surface area (Å²) < 4.78 is 2.64. The number of nitrogens with one attached hydrogen (secondary N) is 1. The Hall–Kier alpha value is -0.790. The molecular formula is C43H85N2+. The molecule has 45 heavy (non-hydrogen) atoms. The molecule has 1 N–H and O–H groups in total. The lowest BCUT2D eigenvalue weighted by atomic mass is 9.92. The molecule has 0 aliphatic rings. The van der Waals surface area contributed by atoms with Gasteiger partial charge in [0.05, 0.1) is 12.0 Å². The second kappa shape index (κ2) is 33.1. The molecule has 1 aromatic rings. The van der Waals surface area contributed by atoms with Crippen molar-refractivity contribution in [1.29, 1.82) is 0 Å². The van der Waals surface area contributed by atoms with Crippen LogP contribution >= 0.6 is 0 Å². The van der Waals surface area contributed by atoms with Gasteiger partial charge >= 0.3 is 0 Å². The number of nitrogens with zero attached hydrogens (tertiary/aromatic N) is 1. The number of unbranched alkanes of at least 4 members (excludes halogenated alkanes) is 28. The highest BCUT2D eigenvalue weighted by Gasteiger charge is 2.25. The van der Waals surface area contributed by atoms with Crippen molar-refractivity contribution >= 4 is 0 Å². The van der Waals surface area contributed by atoms with Crippen molar-refractivity contribution in [3.63, 3.8) is 0 Å². The Morgan fingerprint density at radius 1 is 0.422 bits per heavy atom. The number of aromatic nitrogens is 2. The van der Waals surface area contributed by atoms with Crippen LogP contribution in [0, 0.1) is 0 Å². The Balaban J connectivity index is 2.39. The second-order valence-electron chi connectivity index (χ2n) is 15.1. The topological polar surface area (TPSA) is 19.7 Å². The average molecular weight is 630 g/mol. The van der Waals surface area contributed by atoms with E-state index in [0.29, 0.717) is 12.0 Å². The number of H-pyrrole nitrogens is 1. The third-order valence-electron chi connectivity index (χ3n) is 10.6. The molecule has 2 unspecified atom stereocenters. The molecule has 1 rings (SSSR count). The largest absolute Gasteiger partial charge is 0.257 e. The van der Waals surface area contributed by atoms with Crippen LogP contribution in [0.4, 0.5) is 0 Å². The summed E-state index contributed by atoms with van der Waals surface area (Å²) >= 11 is 0. The van der Waals surface area contributed by atoms with Crippen molar-refractivity contribution in [1.82, 2.24) is 4.98 Å². The second-order valence-corrected chi connectivity index (χ2v) is 15.1. The van der Waals surface area contributed by atoms with Gasteiger partial charge in [0, 0.05) is 0 Å². The number of hydrogen-bond acceptors (Lipinski definition) is 0. The first-order valence-electron chi connectivity index (χ1n) is 21.3. The maximum Gasteiger partial charge on any atom is 0.257 e. The zero-order chi connectivity index (χ0) is 32.5. The quantitative estimate of drug-likeness (QED) is 0.0563. The monoisotopic (exact) mass is 630 g/mol. The highest BCUT2D eigenvalue weighted by molar-refractivity contribution is 4.90. The van der Waals surface area contributed by atoms with Crippen LogP contribution in [0.1, 0.15) is 264 Å². The molecule has 2 atom stereocenters. The SMILES string of the molecule is CCCCCCCCCCCCCCCCC(CCCCCCCCCCCC)c1[nH]cc[n+]1C(C)CCCCCCCCC. The van der Waals surface area contributed by atoms with Crippen LogP contribution in [0.25, 0.3) is 0 Å². The molecule has 0 bridgehead atoms. The molecule has 0 amide bonds. The summed E-state index contributed by atoms with van der Waals surface area (Å²) in [6, 6.07) is 0.619. The molecule has 2 nitrogen and oxygen atoms in total. The van der Waals surface area contributed by atoms with Gasteiger partial charge in [-0.15, -0.1) is 0 Å². The zero-order valence-electron chi connectivity index (χ0n) is 31.8. The average Bonchev–Trinajstić information content (AvgIpc) is 3.54. The molecule has 1 aromatic heterocycles. The molecule has 0 aliphatic heterocycles. The van der Waals surface area contributed by atoms with E-state index in [0.717, 1.165) is 0 Å². The molecular weight excluding hydrogens is 544 g/mol. The fourth-order valence-electron chi connectivity index (χ4n) is 7.49. The van der Waals surface area contributed by atoms with Gasteiger partial charge in [-0.25, -0.2) is 9.55 Å². The molecule has 2 heteroatoms. The summed E-state index contributed by atoms with van der Waals surface area (Å²) in [4.78, 5) is 3.76. The van der Waals surface area contributed by atoms with Gasteiger partial charge in [-0.1, -0.05) is 213 Å². The minimum absolute atomic E-state index is 0.619. The van der Waals surface area contributed by atoms with Crippen molar-refractivity contribution in [2.24, 2.45) is 0 Å². The van der Waals surface area contributed by atoms with E-state index in [-0.39, 0.29) is 0 Å². The maximum atomic E-state index is 3.76. The maximum absolute atomic E-state index is 3.76. The van der Waals surface area contributed by atoms with Crippen molar-refractivity contribution in [3.05, 3.63) is 18.2 Å². The fourth-order valence-corrected chi connectivity index (χ4v) is 7.49. The summed E-state index contributed by atoms with van der Waals surface area (Å²) in [6.45, 7) is 9.42. The van der Waals surface area contributed by atoms with E-state index >= 15 is 0 Å². The zero-order valence-corrected chi connectivity index (χ0v) is 31.8. The number of aromatic amines is 1. The molecule has 0 fully saturated rings. The molecule has 1 heterocycles.